The second kappa shape index (κ2) is 11.3. The normalized spacial score (nSPS) is 21.0. The van der Waals surface area contributed by atoms with Gasteiger partial charge in [-0.3, -0.25) is 24.5 Å². The largest absolute Gasteiger partial charge is 0.481 e. The molecule has 0 bridgehead atoms. The molecule has 1 aromatic carbocycles. The Morgan fingerprint density at radius 3 is 2.07 bits per heavy atom. The summed E-state index contributed by atoms with van der Waals surface area (Å²) in [6.07, 6.45) is 5.00. The van der Waals surface area contributed by atoms with Crippen LogP contribution in [0.4, 0.5) is 0 Å². The second-order valence-electron chi connectivity index (χ2n) is 7.38. The van der Waals surface area contributed by atoms with Crippen LogP contribution in [0.5, 0.6) is 5.75 Å². The average molecular weight is 404 g/mol. The van der Waals surface area contributed by atoms with Crippen molar-refractivity contribution in [2.75, 3.05) is 6.54 Å². The van der Waals surface area contributed by atoms with Gasteiger partial charge in [-0.25, -0.2) is 0 Å². The third-order valence-corrected chi connectivity index (χ3v) is 5.14. The molecule has 0 spiro atoms. The summed E-state index contributed by atoms with van der Waals surface area (Å²) in [7, 11) is 0. The van der Waals surface area contributed by atoms with Crippen molar-refractivity contribution < 1.29 is 29.0 Å². The quantitative estimate of drug-likeness (QED) is 0.374. The topological polar surface area (TPSA) is 136 Å². The number of carbonyl (C=O) groups excluding carboxylic acids is 3. The molecule has 1 aliphatic carbocycles. The maximum atomic E-state index is 12.1. The van der Waals surface area contributed by atoms with E-state index in [-0.39, 0.29) is 30.1 Å². The Balaban J connectivity index is 0.000000360. The molecule has 1 saturated heterocycles. The monoisotopic (exact) mass is 404 g/mol. The maximum absolute atomic E-state index is 12.1. The lowest BCUT2D eigenvalue weighted by atomic mass is 9.82. The molecule has 3 rings (SSSR count). The van der Waals surface area contributed by atoms with Crippen LogP contribution in [0.2, 0.25) is 0 Å². The summed E-state index contributed by atoms with van der Waals surface area (Å²) in [5.41, 5.74) is 6.57. The molecule has 0 unspecified atom stereocenters. The average Bonchev–Trinajstić information content (AvgIpc) is 3.10. The summed E-state index contributed by atoms with van der Waals surface area (Å²) >= 11 is 0. The van der Waals surface area contributed by atoms with Crippen LogP contribution in [-0.2, 0) is 25.6 Å². The van der Waals surface area contributed by atoms with Gasteiger partial charge in [0.25, 0.3) is 0 Å². The predicted molar refractivity (Wildman–Crippen MR) is 105 cm³/mol. The zero-order valence-electron chi connectivity index (χ0n) is 16.4. The van der Waals surface area contributed by atoms with Gasteiger partial charge >= 0.3 is 11.9 Å². The number of aryl methyl sites for hydroxylation is 1. The first-order chi connectivity index (χ1) is 13.9. The lowest BCUT2D eigenvalue weighted by molar-refractivity contribution is -0.140. The van der Waals surface area contributed by atoms with Crippen LogP contribution in [0.15, 0.2) is 24.3 Å². The van der Waals surface area contributed by atoms with Crippen LogP contribution >= 0.6 is 0 Å². The number of ether oxygens (including phenoxy) is 1. The number of nitrogens with two attached hydrogens (primary N) is 1. The van der Waals surface area contributed by atoms with Crippen LogP contribution < -0.4 is 15.8 Å². The molecular formula is C21H28N2O6. The number of carboxylic acids is 1. The molecule has 158 valence electrons. The fourth-order valence-corrected chi connectivity index (χ4v) is 3.32. The zero-order valence-corrected chi connectivity index (χ0v) is 16.4. The molecule has 2 aliphatic rings. The van der Waals surface area contributed by atoms with Gasteiger partial charge in [-0.2, -0.15) is 0 Å². The Bertz CT molecular complexity index is 709. The number of aliphatic carboxylic acids is 1. The van der Waals surface area contributed by atoms with Crippen molar-refractivity contribution in [3.8, 4) is 5.75 Å². The maximum Gasteiger partial charge on any atom is 0.314 e. The number of amides is 2. The highest BCUT2D eigenvalue weighted by Crippen LogP contribution is 2.29. The van der Waals surface area contributed by atoms with Crippen molar-refractivity contribution in [1.29, 1.82) is 0 Å². The Hall–Kier alpha value is -2.74. The van der Waals surface area contributed by atoms with E-state index in [4.69, 9.17) is 15.6 Å². The molecule has 0 atom stereocenters. The third kappa shape index (κ3) is 8.03. The van der Waals surface area contributed by atoms with E-state index >= 15 is 0 Å². The van der Waals surface area contributed by atoms with Gasteiger partial charge in [0.2, 0.25) is 11.8 Å². The smallest absolute Gasteiger partial charge is 0.314 e. The molecule has 1 aliphatic heterocycles. The highest BCUT2D eigenvalue weighted by Gasteiger charge is 2.27. The zero-order chi connectivity index (χ0) is 21.2. The van der Waals surface area contributed by atoms with Crippen LogP contribution in [0, 0.1) is 11.8 Å². The van der Waals surface area contributed by atoms with Crippen molar-refractivity contribution >= 4 is 23.8 Å². The molecule has 4 N–H and O–H groups in total. The predicted octanol–water partition coefficient (Wildman–Crippen LogP) is 1.80. The van der Waals surface area contributed by atoms with Gasteiger partial charge < -0.3 is 15.6 Å². The summed E-state index contributed by atoms with van der Waals surface area (Å²) in [4.78, 5) is 42.9. The second-order valence-corrected chi connectivity index (χ2v) is 7.38. The number of carboxylic acid groups (broad SMARTS) is 1. The number of hydrogen-bond donors (Lipinski definition) is 3. The van der Waals surface area contributed by atoms with E-state index in [0.717, 1.165) is 31.2 Å². The minimum Gasteiger partial charge on any atom is -0.481 e. The number of imide groups is 1. The highest BCUT2D eigenvalue weighted by atomic mass is 16.5. The van der Waals surface area contributed by atoms with E-state index < -0.39 is 5.97 Å². The molecular weight excluding hydrogens is 376 g/mol. The van der Waals surface area contributed by atoms with Gasteiger partial charge in [0, 0.05) is 19.3 Å². The van der Waals surface area contributed by atoms with E-state index in [1.54, 1.807) is 24.3 Å². The van der Waals surface area contributed by atoms with E-state index in [2.05, 4.69) is 5.32 Å². The fraction of sp³-hybridized carbons (Fsp3) is 0.524. The molecule has 1 saturated carbocycles. The van der Waals surface area contributed by atoms with E-state index in [9.17, 15) is 19.2 Å². The highest BCUT2D eigenvalue weighted by molar-refractivity contribution is 6.01. The van der Waals surface area contributed by atoms with E-state index in [1.165, 1.54) is 0 Å². The Labute approximate surface area is 169 Å². The Morgan fingerprint density at radius 1 is 1.03 bits per heavy atom. The van der Waals surface area contributed by atoms with E-state index in [0.29, 0.717) is 37.5 Å². The van der Waals surface area contributed by atoms with Crippen LogP contribution in [0.25, 0.3) is 0 Å². The summed E-state index contributed by atoms with van der Waals surface area (Å²) in [6.45, 7) is 0.694. The molecule has 1 heterocycles. The van der Waals surface area contributed by atoms with Gasteiger partial charge in [0.1, 0.15) is 5.75 Å². The number of carbonyl (C=O) groups is 4. The Morgan fingerprint density at radius 2 is 1.62 bits per heavy atom. The van der Waals surface area contributed by atoms with Gasteiger partial charge in [-0.05, 0) is 62.3 Å². The summed E-state index contributed by atoms with van der Waals surface area (Å²) < 4.78 is 5.42. The first-order valence-electron chi connectivity index (χ1n) is 9.92. The molecule has 2 amide bonds. The third-order valence-electron chi connectivity index (χ3n) is 5.14. The van der Waals surface area contributed by atoms with Crippen molar-refractivity contribution in [3.05, 3.63) is 29.8 Å². The first kappa shape index (κ1) is 22.5. The summed E-state index contributed by atoms with van der Waals surface area (Å²) in [5.74, 6) is -0.260. The van der Waals surface area contributed by atoms with Crippen molar-refractivity contribution in [3.63, 3.8) is 0 Å². The van der Waals surface area contributed by atoms with Crippen molar-refractivity contribution in [1.82, 2.24) is 5.32 Å². The molecule has 1 aromatic rings. The van der Waals surface area contributed by atoms with Gasteiger partial charge in [0.15, 0.2) is 0 Å². The van der Waals surface area contributed by atoms with Gasteiger partial charge in [-0.1, -0.05) is 12.1 Å². The summed E-state index contributed by atoms with van der Waals surface area (Å²) in [6, 6.07) is 7.05. The lowest BCUT2D eigenvalue weighted by Crippen LogP contribution is -2.28. The molecule has 8 heteroatoms. The SMILES string of the molecule is NCC1CCC(C(=O)Oc2ccc(CCC(=O)O)cc2)CC1.O=C1CCC(=O)N1. The number of nitrogens with one attached hydrogen (secondary N) is 1. The lowest BCUT2D eigenvalue weighted by Gasteiger charge is -2.26. The summed E-state index contributed by atoms with van der Waals surface area (Å²) in [5, 5.41) is 10.8. The fourth-order valence-electron chi connectivity index (χ4n) is 3.32. The van der Waals surface area contributed by atoms with Gasteiger partial charge in [-0.15, -0.1) is 0 Å². The Kier molecular flexibility index (Phi) is 8.79. The molecule has 0 radical (unpaired) electrons. The minimum absolute atomic E-state index is 0.0329. The first-order valence-corrected chi connectivity index (χ1v) is 9.92. The van der Waals surface area contributed by atoms with Crippen LogP contribution in [-0.4, -0.2) is 35.4 Å². The van der Waals surface area contributed by atoms with Crippen LogP contribution in [0.1, 0.15) is 50.5 Å². The molecule has 0 aromatic heterocycles. The van der Waals surface area contributed by atoms with Gasteiger partial charge in [0.05, 0.1) is 5.92 Å². The number of hydrogen-bond acceptors (Lipinski definition) is 6. The number of benzene rings is 1. The standard InChI is InChI=1S/C17H23NO4.C4H5NO2/c18-11-13-1-6-14(7-2-13)17(21)22-15-8-3-12(4-9-15)5-10-16(19)20;6-3-1-2-4(7)5-3/h3-4,8-9,13-14H,1-2,5-7,10-11,18H2,(H,19,20);1-2H2,(H,5,6,7). The number of esters is 1. The van der Waals surface area contributed by atoms with Crippen LogP contribution in [0.3, 0.4) is 0 Å². The van der Waals surface area contributed by atoms with E-state index in [1.807, 2.05) is 0 Å². The van der Waals surface area contributed by atoms with Crippen molar-refractivity contribution in [2.24, 2.45) is 17.6 Å². The number of rotatable bonds is 6. The van der Waals surface area contributed by atoms with Crippen molar-refractivity contribution in [2.45, 2.75) is 51.4 Å². The molecule has 29 heavy (non-hydrogen) atoms. The minimum atomic E-state index is -0.816. The molecule has 2 fully saturated rings. The molecule has 8 nitrogen and oxygen atoms in total.